The Hall–Kier alpha value is -1.38. The number of non-ortho nitro benzene ring substituents is 1. The van der Waals surface area contributed by atoms with E-state index >= 15 is 0 Å². The van der Waals surface area contributed by atoms with Crippen LogP contribution < -0.4 is 5.73 Å². The lowest BCUT2D eigenvalue weighted by atomic mass is 10.2. The summed E-state index contributed by atoms with van der Waals surface area (Å²) in [5, 5.41) is 10.7. The Balaban J connectivity index is 3.21. The van der Waals surface area contributed by atoms with Crippen LogP contribution in [0.25, 0.3) is 0 Å². The van der Waals surface area contributed by atoms with Crippen LogP contribution >= 0.6 is 30.8 Å². The highest BCUT2D eigenvalue weighted by Crippen LogP contribution is 2.61. The predicted molar refractivity (Wildman–Crippen MR) is 87.5 cm³/mol. The molecule has 12 heteroatoms. The fourth-order valence-electron chi connectivity index (χ4n) is 1.68. The largest absolute Gasteiger partial charge is 0.428 e. The molecule has 1 atom stereocenters. The first-order valence-electron chi connectivity index (χ1n) is 6.55. The lowest BCUT2D eigenvalue weighted by molar-refractivity contribution is -0.384. The van der Waals surface area contributed by atoms with E-state index in [9.17, 15) is 19.5 Å². The van der Waals surface area contributed by atoms with Crippen molar-refractivity contribution in [1.82, 2.24) is 0 Å². The first-order valence-corrected chi connectivity index (χ1v) is 9.23. The summed E-state index contributed by atoms with van der Waals surface area (Å²) in [6.07, 6.45) is -1.22. The zero-order valence-electron chi connectivity index (χ0n) is 12.3. The molecule has 1 aromatic carbocycles. The van der Waals surface area contributed by atoms with E-state index in [4.69, 9.17) is 42.7 Å². The van der Waals surface area contributed by atoms with Crippen molar-refractivity contribution in [3.8, 4) is 0 Å². The number of carbonyl (C=O) groups excluding carboxylic acids is 1. The Morgan fingerprint density at radius 2 is 1.71 bits per heavy atom. The van der Waals surface area contributed by atoms with Gasteiger partial charge in [0.05, 0.1) is 18.1 Å². The molecule has 0 saturated carbocycles. The van der Waals surface area contributed by atoms with Crippen LogP contribution in [0.15, 0.2) is 24.3 Å². The van der Waals surface area contributed by atoms with Crippen LogP contribution in [0.3, 0.4) is 0 Å². The van der Waals surface area contributed by atoms with E-state index in [2.05, 4.69) is 0 Å². The summed E-state index contributed by atoms with van der Waals surface area (Å²) in [6, 6.07) is 4.82. The minimum Gasteiger partial charge on any atom is -0.428 e. The van der Waals surface area contributed by atoms with Crippen LogP contribution in [0.5, 0.6) is 0 Å². The number of ether oxygens (including phenoxy) is 1. The molecular formula is C12H15Cl2N2O7P. The van der Waals surface area contributed by atoms with Gasteiger partial charge in [-0.3, -0.25) is 14.7 Å². The Morgan fingerprint density at radius 3 is 2.08 bits per heavy atom. The normalized spacial score (nSPS) is 12.6. The second-order valence-corrected chi connectivity index (χ2v) is 7.04. The minimum atomic E-state index is -4.04. The number of halogens is 2. The van der Waals surface area contributed by atoms with Gasteiger partial charge in [-0.25, -0.2) is 4.79 Å². The summed E-state index contributed by atoms with van der Waals surface area (Å²) in [4.78, 5) is 21.3. The van der Waals surface area contributed by atoms with Crippen molar-refractivity contribution >= 4 is 42.6 Å². The van der Waals surface area contributed by atoms with Crippen molar-refractivity contribution in [3.63, 3.8) is 0 Å². The van der Waals surface area contributed by atoms with Gasteiger partial charge in [-0.2, -0.15) is 0 Å². The minimum absolute atomic E-state index is 0.0117. The number of rotatable bonds is 10. The number of alkyl halides is 2. The van der Waals surface area contributed by atoms with Gasteiger partial charge in [0.15, 0.2) is 0 Å². The van der Waals surface area contributed by atoms with E-state index in [-0.39, 0.29) is 36.2 Å². The summed E-state index contributed by atoms with van der Waals surface area (Å²) >= 11 is 11.0. The number of nitrogens with zero attached hydrogens (tertiary/aromatic N) is 1. The Bertz CT molecular complexity index is 602. The molecule has 2 N–H and O–H groups in total. The molecule has 0 radical (unpaired) electrons. The summed E-state index contributed by atoms with van der Waals surface area (Å²) in [5.74, 6) is -1.49. The van der Waals surface area contributed by atoms with Gasteiger partial charge in [0.1, 0.15) is 0 Å². The van der Waals surface area contributed by atoms with Gasteiger partial charge in [-0.05, 0) is 12.1 Å². The van der Waals surface area contributed by atoms with E-state index in [1.54, 1.807) is 0 Å². The molecule has 0 fully saturated rings. The molecule has 0 aliphatic heterocycles. The number of carbonyl (C=O) groups is 1. The van der Waals surface area contributed by atoms with E-state index in [0.29, 0.717) is 0 Å². The first kappa shape index (κ1) is 20.7. The third-order valence-corrected chi connectivity index (χ3v) is 4.97. The van der Waals surface area contributed by atoms with Crippen LogP contribution in [-0.2, 0) is 18.3 Å². The van der Waals surface area contributed by atoms with E-state index in [1.807, 2.05) is 0 Å². The molecule has 1 aromatic rings. The van der Waals surface area contributed by atoms with Crippen molar-refractivity contribution in [3.05, 3.63) is 39.9 Å². The number of hydrogen-bond donors (Lipinski definition) is 1. The van der Waals surface area contributed by atoms with Crippen LogP contribution in [-0.4, -0.2) is 36.0 Å². The number of nitro benzene ring substituents is 1. The molecule has 1 amide bonds. The second kappa shape index (κ2) is 9.80. The molecule has 1 unspecified atom stereocenters. The SMILES string of the molecule is NC(=O)OC(c1ccc([N+](=O)[O-])cc1)P(=O)(OCCCl)OCCCl. The zero-order valence-corrected chi connectivity index (χ0v) is 14.7. The fourth-order valence-corrected chi connectivity index (χ4v) is 3.86. The average molecular weight is 401 g/mol. The monoisotopic (exact) mass is 400 g/mol. The molecule has 0 heterocycles. The predicted octanol–water partition coefficient (Wildman–Crippen LogP) is 3.39. The summed E-state index contributed by atoms with van der Waals surface area (Å²) in [7, 11) is -4.04. The smallest absolute Gasteiger partial charge is 0.405 e. The Kier molecular flexibility index (Phi) is 8.44. The quantitative estimate of drug-likeness (QED) is 0.275. The number of benzene rings is 1. The number of hydrogen-bond acceptors (Lipinski definition) is 7. The van der Waals surface area contributed by atoms with Crippen molar-refractivity contribution in [2.45, 2.75) is 5.85 Å². The molecule has 0 bridgehead atoms. The van der Waals surface area contributed by atoms with Crippen molar-refractivity contribution in [1.29, 1.82) is 0 Å². The molecule has 1 rings (SSSR count). The summed E-state index contributed by atoms with van der Waals surface area (Å²) < 4.78 is 28.1. The van der Waals surface area contributed by atoms with Gasteiger partial charge in [0, 0.05) is 29.5 Å². The maximum absolute atomic E-state index is 13.0. The maximum atomic E-state index is 13.0. The van der Waals surface area contributed by atoms with Gasteiger partial charge in [0.2, 0.25) is 5.85 Å². The van der Waals surface area contributed by atoms with E-state index < -0.39 is 24.5 Å². The number of amides is 1. The highest BCUT2D eigenvalue weighted by atomic mass is 35.5. The van der Waals surface area contributed by atoms with Gasteiger partial charge >= 0.3 is 13.7 Å². The van der Waals surface area contributed by atoms with Gasteiger partial charge in [0.25, 0.3) is 5.69 Å². The van der Waals surface area contributed by atoms with E-state index in [0.717, 1.165) is 12.1 Å². The van der Waals surface area contributed by atoms with Crippen LogP contribution in [0.2, 0.25) is 0 Å². The molecular weight excluding hydrogens is 386 g/mol. The molecule has 0 spiro atoms. The fraction of sp³-hybridized carbons (Fsp3) is 0.417. The molecule has 0 aliphatic carbocycles. The molecule has 24 heavy (non-hydrogen) atoms. The third-order valence-electron chi connectivity index (χ3n) is 2.60. The number of nitro groups is 1. The van der Waals surface area contributed by atoms with Gasteiger partial charge in [-0.1, -0.05) is 0 Å². The van der Waals surface area contributed by atoms with Crippen LogP contribution in [0.4, 0.5) is 10.5 Å². The van der Waals surface area contributed by atoms with Crippen molar-refractivity contribution in [2.75, 3.05) is 25.0 Å². The standard InChI is InChI=1S/C12H15Cl2N2O7P/c13-5-7-21-24(20,22-8-6-14)11(23-12(15)17)9-1-3-10(4-2-9)16(18)19/h1-4,11H,5-8H2,(H2,15,17). The van der Waals surface area contributed by atoms with Crippen molar-refractivity contribution in [2.24, 2.45) is 5.73 Å². The molecule has 9 nitrogen and oxygen atoms in total. The molecule has 0 aromatic heterocycles. The third kappa shape index (κ3) is 5.92. The topological polar surface area (TPSA) is 131 Å². The summed E-state index contributed by atoms with van der Waals surface area (Å²) in [5.41, 5.74) is 4.96. The highest BCUT2D eigenvalue weighted by Gasteiger charge is 2.40. The Morgan fingerprint density at radius 1 is 1.21 bits per heavy atom. The zero-order chi connectivity index (χ0) is 18.2. The lowest BCUT2D eigenvalue weighted by Gasteiger charge is -2.26. The van der Waals surface area contributed by atoms with Gasteiger partial charge < -0.3 is 19.5 Å². The number of primary amides is 1. The summed E-state index contributed by atoms with van der Waals surface area (Å²) in [6.45, 7) is -0.292. The molecule has 0 saturated heterocycles. The van der Waals surface area contributed by atoms with Gasteiger partial charge in [-0.15, -0.1) is 23.2 Å². The highest BCUT2D eigenvalue weighted by molar-refractivity contribution is 7.54. The number of nitrogens with two attached hydrogens (primary N) is 1. The first-order chi connectivity index (χ1) is 11.3. The van der Waals surface area contributed by atoms with Crippen molar-refractivity contribution < 1.29 is 28.1 Å². The Labute approximate surface area is 147 Å². The maximum Gasteiger partial charge on any atom is 0.405 e. The second-order valence-electron chi connectivity index (χ2n) is 4.22. The average Bonchev–Trinajstić information content (AvgIpc) is 2.56. The molecule has 0 aliphatic rings. The van der Waals surface area contributed by atoms with E-state index in [1.165, 1.54) is 12.1 Å². The van der Waals surface area contributed by atoms with Crippen LogP contribution in [0.1, 0.15) is 11.4 Å². The van der Waals surface area contributed by atoms with Crippen LogP contribution in [0, 0.1) is 10.1 Å². The lowest BCUT2D eigenvalue weighted by Crippen LogP contribution is -2.20. The molecule has 134 valence electrons.